The van der Waals surface area contributed by atoms with Gasteiger partial charge in [-0.2, -0.15) is 0 Å². The van der Waals surface area contributed by atoms with Crippen LogP contribution in [0.2, 0.25) is 0 Å². The number of amides is 1. The van der Waals surface area contributed by atoms with Crippen molar-refractivity contribution in [1.82, 2.24) is 5.32 Å². The predicted octanol–water partition coefficient (Wildman–Crippen LogP) is 2.78. The average Bonchev–Trinajstić information content (AvgIpc) is 2.96. The lowest BCUT2D eigenvalue weighted by Crippen LogP contribution is -2.21. The van der Waals surface area contributed by atoms with Crippen molar-refractivity contribution in [2.24, 2.45) is 5.92 Å². The summed E-state index contributed by atoms with van der Waals surface area (Å²) in [5, 5.41) is 2.99. The maximum absolute atomic E-state index is 12.3. The van der Waals surface area contributed by atoms with Crippen molar-refractivity contribution < 1.29 is 14.3 Å². The van der Waals surface area contributed by atoms with Gasteiger partial charge < -0.3 is 14.8 Å². The van der Waals surface area contributed by atoms with Crippen molar-refractivity contribution in [3.63, 3.8) is 0 Å². The second-order valence-corrected chi connectivity index (χ2v) is 5.76. The van der Waals surface area contributed by atoms with Gasteiger partial charge in [-0.15, -0.1) is 0 Å². The molecule has 2 aromatic carbocycles. The zero-order valence-corrected chi connectivity index (χ0v) is 13.4. The normalized spacial score (nSPS) is 20.2. The van der Waals surface area contributed by atoms with E-state index in [-0.39, 0.29) is 17.7 Å². The molecule has 1 saturated heterocycles. The number of carbonyl (C=O) groups excluding carboxylic acids is 1. The number of rotatable bonds is 5. The van der Waals surface area contributed by atoms with Crippen LogP contribution in [0.4, 0.5) is 0 Å². The van der Waals surface area contributed by atoms with Gasteiger partial charge in [0.2, 0.25) is 5.91 Å². The summed E-state index contributed by atoms with van der Waals surface area (Å²) in [6.45, 7) is 0.659. The van der Waals surface area contributed by atoms with Gasteiger partial charge in [0.1, 0.15) is 0 Å². The first-order valence-corrected chi connectivity index (χ1v) is 7.76. The van der Waals surface area contributed by atoms with Gasteiger partial charge in [-0.25, -0.2) is 0 Å². The van der Waals surface area contributed by atoms with Gasteiger partial charge >= 0.3 is 0 Å². The van der Waals surface area contributed by atoms with Gasteiger partial charge in [0.15, 0.2) is 11.5 Å². The molecule has 3 rings (SSSR count). The Morgan fingerprint density at radius 2 is 1.78 bits per heavy atom. The zero-order chi connectivity index (χ0) is 16.2. The quantitative estimate of drug-likeness (QED) is 0.923. The third-order valence-electron chi connectivity index (χ3n) is 4.45. The maximum atomic E-state index is 12.3. The Morgan fingerprint density at radius 1 is 1.04 bits per heavy atom. The van der Waals surface area contributed by atoms with Gasteiger partial charge in [-0.3, -0.25) is 4.79 Å². The Morgan fingerprint density at radius 3 is 2.48 bits per heavy atom. The second kappa shape index (κ2) is 6.73. The molecule has 1 N–H and O–H groups in total. The van der Waals surface area contributed by atoms with E-state index in [1.807, 2.05) is 36.4 Å². The molecule has 4 heteroatoms. The van der Waals surface area contributed by atoms with E-state index >= 15 is 0 Å². The molecule has 1 aliphatic rings. The lowest BCUT2D eigenvalue weighted by atomic mass is 9.84. The highest BCUT2D eigenvalue weighted by atomic mass is 16.5. The van der Waals surface area contributed by atoms with E-state index in [0.29, 0.717) is 18.0 Å². The largest absolute Gasteiger partial charge is 0.493 e. The third kappa shape index (κ3) is 3.16. The number of ether oxygens (including phenoxy) is 2. The number of hydrogen-bond donors (Lipinski definition) is 1. The highest BCUT2D eigenvalue weighted by molar-refractivity contribution is 5.82. The highest BCUT2D eigenvalue weighted by Gasteiger charge is 2.35. The molecule has 23 heavy (non-hydrogen) atoms. The lowest BCUT2D eigenvalue weighted by molar-refractivity contribution is -0.122. The van der Waals surface area contributed by atoms with E-state index in [1.165, 1.54) is 5.56 Å². The summed E-state index contributed by atoms with van der Waals surface area (Å²) in [4.78, 5) is 12.3. The van der Waals surface area contributed by atoms with Crippen molar-refractivity contribution in [3.05, 3.63) is 59.7 Å². The maximum Gasteiger partial charge on any atom is 0.224 e. The van der Waals surface area contributed by atoms with Gasteiger partial charge in [0.25, 0.3) is 0 Å². The number of hydrogen-bond acceptors (Lipinski definition) is 3. The molecule has 0 saturated carbocycles. The third-order valence-corrected chi connectivity index (χ3v) is 4.45. The summed E-state index contributed by atoms with van der Waals surface area (Å²) in [5.74, 6) is 1.60. The van der Waals surface area contributed by atoms with Crippen LogP contribution in [0.25, 0.3) is 0 Å². The van der Waals surface area contributed by atoms with E-state index in [4.69, 9.17) is 9.47 Å². The van der Waals surface area contributed by atoms with Crippen LogP contribution in [0, 0.1) is 5.92 Å². The summed E-state index contributed by atoms with van der Waals surface area (Å²) in [5.41, 5.74) is 2.28. The first kappa shape index (κ1) is 15.4. The SMILES string of the molecule is COc1ccc([C@@H]2CNC(=O)[C@@H]2Cc2ccccc2)cc1OC. The molecule has 0 bridgehead atoms. The van der Waals surface area contributed by atoms with Gasteiger partial charge in [0, 0.05) is 12.5 Å². The molecule has 120 valence electrons. The first-order chi connectivity index (χ1) is 11.2. The van der Waals surface area contributed by atoms with E-state index in [9.17, 15) is 4.79 Å². The number of carbonyl (C=O) groups is 1. The Hall–Kier alpha value is -2.49. The smallest absolute Gasteiger partial charge is 0.224 e. The number of benzene rings is 2. The highest BCUT2D eigenvalue weighted by Crippen LogP contribution is 2.36. The topological polar surface area (TPSA) is 47.6 Å². The fourth-order valence-electron chi connectivity index (χ4n) is 3.20. The van der Waals surface area contributed by atoms with Crippen molar-refractivity contribution >= 4 is 5.91 Å². The minimum Gasteiger partial charge on any atom is -0.493 e. The molecule has 0 unspecified atom stereocenters. The zero-order valence-electron chi connectivity index (χ0n) is 13.4. The fraction of sp³-hybridized carbons (Fsp3) is 0.316. The van der Waals surface area contributed by atoms with Crippen molar-refractivity contribution in [2.75, 3.05) is 20.8 Å². The molecular formula is C19H21NO3. The van der Waals surface area contributed by atoms with E-state index in [2.05, 4.69) is 17.4 Å². The fourth-order valence-corrected chi connectivity index (χ4v) is 3.20. The van der Waals surface area contributed by atoms with Gasteiger partial charge in [-0.1, -0.05) is 36.4 Å². The molecule has 2 atom stereocenters. The lowest BCUT2D eigenvalue weighted by Gasteiger charge is -2.19. The summed E-state index contributed by atoms with van der Waals surface area (Å²) < 4.78 is 10.7. The number of methoxy groups -OCH3 is 2. The summed E-state index contributed by atoms with van der Waals surface area (Å²) in [7, 11) is 3.25. The minimum atomic E-state index is -0.0597. The molecule has 0 aliphatic carbocycles. The molecule has 0 aromatic heterocycles. The molecule has 0 radical (unpaired) electrons. The van der Waals surface area contributed by atoms with Crippen LogP contribution in [0.3, 0.4) is 0 Å². The number of nitrogens with one attached hydrogen (secondary N) is 1. The van der Waals surface area contributed by atoms with Crippen LogP contribution in [-0.2, 0) is 11.2 Å². The predicted molar refractivity (Wildman–Crippen MR) is 88.9 cm³/mol. The van der Waals surface area contributed by atoms with E-state index in [0.717, 1.165) is 12.0 Å². The Bertz CT molecular complexity index is 684. The second-order valence-electron chi connectivity index (χ2n) is 5.76. The standard InChI is InChI=1S/C19H21NO3/c1-22-17-9-8-14(11-18(17)23-2)16-12-20-19(21)15(16)10-13-6-4-3-5-7-13/h3-9,11,15-16H,10,12H2,1-2H3,(H,20,21)/t15-,16+/m1/s1. The van der Waals surface area contributed by atoms with Crippen LogP contribution in [-0.4, -0.2) is 26.7 Å². The van der Waals surface area contributed by atoms with E-state index in [1.54, 1.807) is 14.2 Å². The Kier molecular flexibility index (Phi) is 4.51. The summed E-state index contributed by atoms with van der Waals surface area (Å²) in [6.07, 6.45) is 0.742. The molecule has 1 amide bonds. The van der Waals surface area contributed by atoms with Crippen molar-refractivity contribution in [3.8, 4) is 11.5 Å². The summed E-state index contributed by atoms with van der Waals surface area (Å²) >= 11 is 0. The first-order valence-electron chi connectivity index (χ1n) is 7.76. The monoisotopic (exact) mass is 311 g/mol. The molecule has 0 spiro atoms. The summed E-state index contributed by atoms with van der Waals surface area (Å²) in [6, 6.07) is 16.0. The molecule has 1 fully saturated rings. The van der Waals surface area contributed by atoms with Crippen molar-refractivity contribution in [1.29, 1.82) is 0 Å². The molecule has 4 nitrogen and oxygen atoms in total. The molecule has 1 heterocycles. The average molecular weight is 311 g/mol. The van der Waals surface area contributed by atoms with Crippen LogP contribution in [0.5, 0.6) is 11.5 Å². The molecule has 1 aliphatic heterocycles. The molecule has 2 aromatic rings. The van der Waals surface area contributed by atoms with Crippen LogP contribution in [0.15, 0.2) is 48.5 Å². The van der Waals surface area contributed by atoms with Crippen molar-refractivity contribution in [2.45, 2.75) is 12.3 Å². The van der Waals surface area contributed by atoms with Gasteiger partial charge in [-0.05, 0) is 29.7 Å². The Labute approximate surface area is 136 Å². The Balaban J connectivity index is 1.87. The van der Waals surface area contributed by atoms with Crippen LogP contribution in [0.1, 0.15) is 17.0 Å². The van der Waals surface area contributed by atoms with Crippen LogP contribution >= 0.6 is 0 Å². The molecular weight excluding hydrogens is 290 g/mol. The van der Waals surface area contributed by atoms with Gasteiger partial charge in [0.05, 0.1) is 20.1 Å². The minimum absolute atomic E-state index is 0.0597. The van der Waals surface area contributed by atoms with E-state index < -0.39 is 0 Å². The van der Waals surface area contributed by atoms with Crippen LogP contribution < -0.4 is 14.8 Å².